The number of fused-ring (bicyclic) bond motifs is 1. The zero-order chi connectivity index (χ0) is 33.9. The van der Waals surface area contributed by atoms with E-state index in [1.165, 1.54) is 0 Å². The van der Waals surface area contributed by atoms with E-state index >= 15 is 0 Å². The SMILES string of the molecule is CCCCN(C(=O)CN1C[C@H](c2cc(OC)c3c(c2)OCO3)[C@@H](C(=O)O)[C@@H]1CCN1CCN(C)C1=O)c1cccc(C[N+](C)(C)C)c1. The van der Waals surface area contributed by atoms with E-state index in [1.807, 2.05) is 34.1 Å². The van der Waals surface area contributed by atoms with Gasteiger partial charge in [-0.05, 0) is 42.7 Å². The number of amides is 3. The maximum atomic E-state index is 14.3. The summed E-state index contributed by atoms with van der Waals surface area (Å²) < 4.78 is 17.6. The smallest absolute Gasteiger partial charge is 0.319 e. The monoisotopic (exact) mass is 652 g/mol. The molecule has 3 heterocycles. The fourth-order valence-corrected chi connectivity index (χ4v) is 7.10. The molecule has 3 atom stereocenters. The molecule has 2 fully saturated rings. The normalized spacial score (nSPS) is 21.1. The summed E-state index contributed by atoms with van der Waals surface area (Å²) in [4.78, 5) is 47.4. The van der Waals surface area contributed by atoms with Gasteiger partial charge in [-0.1, -0.05) is 25.5 Å². The van der Waals surface area contributed by atoms with E-state index < -0.39 is 23.8 Å². The number of methoxy groups -OCH3 is 1. The number of ether oxygens (including phenoxy) is 3. The summed E-state index contributed by atoms with van der Waals surface area (Å²) >= 11 is 0. The third-order valence-corrected chi connectivity index (χ3v) is 9.39. The second-order valence-corrected chi connectivity index (χ2v) is 13.9. The van der Waals surface area contributed by atoms with E-state index in [4.69, 9.17) is 14.2 Å². The number of hydrogen-bond donors (Lipinski definition) is 1. The molecule has 0 aliphatic carbocycles. The molecule has 3 amide bonds. The first-order valence-electron chi connectivity index (χ1n) is 16.5. The molecule has 3 aliphatic heterocycles. The molecule has 256 valence electrons. The number of benzene rings is 2. The third kappa shape index (κ3) is 7.76. The van der Waals surface area contributed by atoms with Gasteiger partial charge in [-0.3, -0.25) is 14.5 Å². The third-order valence-electron chi connectivity index (χ3n) is 9.39. The lowest BCUT2D eigenvalue weighted by atomic mass is 9.84. The number of carboxylic acids is 1. The van der Waals surface area contributed by atoms with Crippen LogP contribution in [-0.2, 0) is 16.1 Å². The van der Waals surface area contributed by atoms with E-state index in [-0.39, 0.29) is 25.3 Å². The Morgan fingerprint density at radius 1 is 1.13 bits per heavy atom. The molecule has 2 saturated heterocycles. The lowest BCUT2D eigenvalue weighted by Gasteiger charge is -2.31. The van der Waals surface area contributed by atoms with E-state index in [1.54, 1.807) is 24.0 Å². The van der Waals surface area contributed by atoms with Gasteiger partial charge in [0.05, 0.1) is 40.7 Å². The van der Waals surface area contributed by atoms with Gasteiger partial charge in [0.2, 0.25) is 18.4 Å². The van der Waals surface area contributed by atoms with Crippen molar-refractivity contribution in [3.8, 4) is 17.2 Å². The Bertz CT molecular complexity index is 1460. The van der Waals surface area contributed by atoms with Crippen molar-refractivity contribution in [1.29, 1.82) is 0 Å². The highest BCUT2D eigenvalue weighted by Crippen LogP contribution is 2.47. The fourth-order valence-electron chi connectivity index (χ4n) is 7.10. The Morgan fingerprint density at radius 3 is 2.57 bits per heavy atom. The molecule has 1 N–H and O–H groups in total. The van der Waals surface area contributed by atoms with Gasteiger partial charge in [-0.25, -0.2) is 4.79 Å². The molecule has 2 aromatic rings. The minimum atomic E-state index is -0.938. The number of likely N-dealkylation sites (N-methyl/N-ethyl adjacent to an activating group) is 1. The van der Waals surface area contributed by atoms with Crippen molar-refractivity contribution >= 4 is 23.6 Å². The molecule has 0 aromatic heterocycles. The molecule has 0 spiro atoms. The largest absolute Gasteiger partial charge is 0.493 e. The van der Waals surface area contributed by atoms with Crippen molar-refractivity contribution < 1.29 is 38.2 Å². The van der Waals surface area contributed by atoms with Gasteiger partial charge in [-0.2, -0.15) is 0 Å². The molecular formula is C35H50N5O7+. The first-order valence-corrected chi connectivity index (χ1v) is 16.5. The molecule has 3 aliphatic rings. The first-order chi connectivity index (χ1) is 22.4. The molecule has 5 rings (SSSR count). The Morgan fingerprint density at radius 2 is 1.91 bits per heavy atom. The second-order valence-electron chi connectivity index (χ2n) is 13.9. The van der Waals surface area contributed by atoms with Crippen LogP contribution in [0.1, 0.15) is 43.2 Å². The first kappa shape index (κ1) is 34.3. The predicted octanol–water partition coefficient (Wildman–Crippen LogP) is 3.69. The van der Waals surface area contributed by atoms with Gasteiger partial charge in [0.1, 0.15) is 6.54 Å². The number of carbonyl (C=O) groups is 3. The molecule has 0 radical (unpaired) electrons. The zero-order valence-corrected chi connectivity index (χ0v) is 28.6. The molecule has 0 saturated carbocycles. The molecule has 12 heteroatoms. The number of nitrogens with zero attached hydrogens (tertiary/aromatic N) is 5. The number of unbranched alkanes of at least 4 members (excludes halogenated alkanes) is 1. The van der Waals surface area contributed by atoms with Crippen LogP contribution in [-0.4, -0.2) is 130 Å². The van der Waals surface area contributed by atoms with E-state index in [2.05, 4.69) is 40.2 Å². The minimum Gasteiger partial charge on any atom is -0.493 e. The molecule has 0 bridgehead atoms. The molecule has 2 aromatic carbocycles. The summed E-state index contributed by atoms with van der Waals surface area (Å²) in [7, 11) is 9.73. The van der Waals surface area contributed by atoms with E-state index in [9.17, 15) is 19.5 Å². The van der Waals surface area contributed by atoms with Gasteiger partial charge in [0, 0.05) is 63.0 Å². The number of carboxylic acid groups (broad SMARTS) is 1. The van der Waals surface area contributed by atoms with Crippen LogP contribution in [0, 0.1) is 5.92 Å². The van der Waals surface area contributed by atoms with Crippen molar-refractivity contribution in [1.82, 2.24) is 14.7 Å². The Balaban J connectivity index is 1.46. The van der Waals surface area contributed by atoms with Gasteiger partial charge in [0.25, 0.3) is 0 Å². The van der Waals surface area contributed by atoms with Gasteiger partial charge in [-0.15, -0.1) is 0 Å². The molecule has 47 heavy (non-hydrogen) atoms. The van der Waals surface area contributed by atoms with Crippen LogP contribution in [0.5, 0.6) is 17.2 Å². The maximum absolute atomic E-state index is 14.3. The van der Waals surface area contributed by atoms with Gasteiger partial charge >= 0.3 is 12.0 Å². The van der Waals surface area contributed by atoms with E-state index in [0.29, 0.717) is 56.4 Å². The number of anilines is 1. The van der Waals surface area contributed by atoms with Crippen molar-refractivity contribution in [3.63, 3.8) is 0 Å². The highest BCUT2D eigenvalue weighted by atomic mass is 16.7. The number of quaternary nitrogens is 1. The lowest BCUT2D eigenvalue weighted by Crippen LogP contribution is -2.46. The Kier molecular flexibility index (Phi) is 10.5. The highest BCUT2D eigenvalue weighted by Gasteiger charge is 2.48. The number of hydrogen-bond acceptors (Lipinski definition) is 7. The van der Waals surface area contributed by atoms with Crippen LogP contribution in [0.3, 0.4) is 0 Å². The second kappa shape index (κ2) is 14.4. The average molecular weight is 653 g/mol. The van der Waals surface area contributed by atoms with E-state index in [0.717, 1.165) is 40.7 Å². The summed E-state index contributed by atoms with van der Waals surface area (Å²) in [5.74, 6) is -0.776. The van der Waals surface area contributed by atoms with Gasteiger partial charge < -0.3 is 38.5 Å². The molecule has 0 unspecified atom stereocenters. The average Bonchev–Trinajstić information content (AvgIpc) is 3.72. The quantitative estimate of drug-likeness (QED) is 0.308. The molecule has 12 nitrogen and oxygen atoms in total. The topological polar surface area (TPSA) is 112 Å². The highest BCUT2D eigenvalue weighted by molar-refractivity contribution is 5.95. The van der Waals surface area contributed by atoms with Crippen molar-refractivity contribution in [2.45, 2.75) is 44.7 Å². The number of urea groups is 1. The number of rotatable bonds is 14. The van der Waals surface area contributed by atoms with Crippen LogP contribution >= 0.6 is 0 Å². The van der Waals surface area contributed by atoms with Crippen molar-refractivity contribution in [2.24, 2.45) is 5.92 Å². The zero-order valence-electron chi connectivity index (χ0n) is 28.6. The minimum absolute atomic E-state index is 0.0593. The summed E-state index contributed by atoms with van der Waals surface area (Å²) in [5, 5.41) is 10.7. The standard InChI is InChI=1S/C35H49N5O7/c1-7-8-13-39(26-11-9-10-24(17-26)22-40(3,4)5)31(41)21-38-20-27(25-18-29(45-6)33-30(19-25)46-23-47-33)32(34(42)43)28(38)12-14-37-16-15-36(2)35(37)44/h9-11,17-19,27-28,32H,7-8,12-16,20-23H2,1-6H3/p+1/t27-,28+,32-/m1/s1. The summed E-state index contributed by atoms with van der Waals surface area (Å²) in [6, 6.07) is 11.3. The van der Waals surface area contributed by atoms with Crippen molar-refractivity contribution in [3.05, 3.63) is 47.5 Å². The summed E-state index contributed by atoms with van der Waals surface area (Å²) in [6.07, 6.45) is 2.20. The van der Waals surface area contributed by atoms with Gasteiger partial charge in [0.15, 0.2) is 11.5 Å². The maximum Gasteiger partial charge on any atom is 0.319 e. The van der Waals surface area contributed by atoms with Crippen LogP contribution < -0.4 is 19.1 Å². The number of carbonyl (C=O) groups excluding carboxylic acids is 2. The lowest BCUT2D eigenvalue weighted by molar-refractivity contribution is -0.884. The molecular weight excluding hydrogens is 602 g/mol. The summed E-state index contributed by atoms with van der Waals surface area (Å²) in [6.45, 7) is 5.61. The van der Waals surface area contributed by atoms with Crippen molar-refractivity contribution in [2.75, 3.05) is 86.3 Å². The summed E-state index contributed by atoms with van der Waals surface area (Å²) in [5.41, 5.74) is 2.75. The fraction of sp³-hybridized carbons (Fsp3) is 0.571. The van der Waals surface area contributed by atoms with Crippen LogP contribution in [0.4, 0.5) is 10.5 Å². The van der Waals surface area contributed by atoms with Crippen LogP contribution in [0.25, 0.3) is 0 Å². The Labute approximate surface area is 277 Å². The van der Waals surface area contributed by atoms with Crippen LogP contribution in [0.2, 0.25) is 0 Å². The number of likely N-dealkylation sites (tertiary alicyclic amines) is 1. The van der Waals surface area contributed by atoms with Crippen LogP contribution in [0.15, 0.2) is 36.4 Å². The Hall–Kier alpha value is -4.03. The predicted molar refractivity (Wildman–Crippen MR) is 178 cm³/mol. The number of aliphatic carboxylic acids is 1.